The standard InChI is InChI=1S/C20H28/c1-3-5-7-8-11-18-12-9-13-19-15-14-17(10-6-4-2)16-20(18)19/h9,12-16H,3-8,10-11H2,1-2H3. The predicted octanol–water partition coefficient (Wildman–Crippen LogP) is 6.31. The van der Waals surface area contributed by atoms with Gasteiger partial charge in [-0.15, -0.1) is 0 Å². The second-order valence-electron chi connectivity index (χ2n) is 5.89. The summed E-state index contributed by atoms with van der Waals surface area (Å²) >= 11 is 0. The van der Waals surface area contributed by atoms with E-state index in [0.29, 0.717) is 0 Å². The molecule has 0 bridgehead atoms. The van der Waals surface area contributed by atoms with Crippen LogP contribution in [0.2, 0.25) is 0 Å². The zero-order valence-electron chi connectivity index (χ0n) is 13.1. The van der Waals surface area contributed by atoms with Crippen LogP contribution >= 0.6 is 0 Å². The van der Waals surface area contributed by atoms with Gasteiger partial charge in [-0.3, -0.25) is 0 Å². The first-order valence-electron chi connectivity index (χ1n) is 8.35. The average molecular weight is 268 g/mol. The van der Waals surface area contributed by atoms with Crippen LogP contribution in [-0.2, 0) is 12.8 Å². The zero-order valence-corrected chi connectivity index (χ0v) is 13.1. The summed E-state index contributed by atoms with van der Waals surface area (Å²) < 4.78 is 0. The molecule has 0 aliphatic rings. The number of fused-ring (bicyclic) bond motifs is 1. The summed E-state index contributed by atoms with van der Waals surface area (Å²) in [4.78, 5) is 0. The quantitative estimate of drug-likeness (QED) is 0.492. The third-order valence-corrected chi connectivity index (χ3v) is 4.16. The molecule has 0 saturated heterocycles. The molecule has 0 aliphatic carbocycles. The maximum Gasteiger partial charge on any atom is -0.0149 e. The Morgan fingerprint density at radius 2 is 1.60 bits per heavy atom. The van der Waals surface area contributed by atoms with Gasteiger partial charge in [0.2, 0.25) is 0 Å². The molecule has 0 radical (unpaired) electrons. The van der Waals surface area contributed by atoms with Crippen molar-refractivity contribution < 1.29 is 0 Å². The first kappa shape index (κ1) is 15.1. The number of hydrogen-bond donors (Lipinski definition) is 0. The minimum absolute atomic E-state index is 1.22. The average Bonchev–Trinajstić information content (AvgIpc) is 2.49. The van der Waals surface area contributed by atoms with E-state index in [1.807, 2.05) is 0 Å². The van der Waals surface area contributed by atoms with Gasteiger partial charge in [0.15, 0.2) is 0 Å². The normalized spacial score (nSPS) is 11.1. The molecule has 0 aliphatic heterocycles. The highest BCUT2D eigenvalue weighted by molar-refractivity contribution is 5.86. The van der Waals surface area contributed by atoms with Crippen LogP contribution in [0.15, 0.2) is 36.4 Å². The lowest BCUT2D eigenvalue weighted by Gasteiger charge is -2.09. The minimum Gasteiger partial charge on any atom is -0.0654 e. The van der Waals surface area contributed by atoms with E-state index in [1.165, 1.54) is 73.3 Å². The summed E-state index contributed by atoms with van der Waals surface area (Å²) in [5.74, 6) is 0. The van der Waals surface area contributed by atoms with Crippen molar-refractivity contribution in [3.8, 4) is 0 Å². The molecule has 0 heteroatoms. The van der Waals surface area contributed by atoms with Crippen LogP contribution in [0.3, 0.4) is 0 Å². The number of aryl methyl sites for hydroxylation is 2. The SMILES string of the molecule is CCCCCCc1cccc2ccc(CCCC)cc12. The maximum atomic E-state index is 2.43. The Kier molecular flexibility index (Phi) is 6.11. The van der Waals surface area contributed by atoms with Gasteiger partial charge in [-0.2, -0.15) is 0 Å². The van der Waals surface area contributed by atoms with Gasteiger partial charge in [0.05, 0.1) is 0 Å². The lowest BCUT2D eigenvalue weighted by molar-refractivity contribution is 0.668. The summed E-state index contributed by atoms with van der Waals surface area (Å²) in [7, 11) is 0. The molecule has 0 aromatic heterocycles. The first-order valence-corrected chi connectivity index (χ1v) is 8.35. The monoisotopic (exact) mass is 268 g/mol. The van der Waals surface area contributed by atoms with Crippen molar-refractivity contribution in [1.29, 1.82) is 0 Å². The molecule has 0 atom stereocenters. The molecule has 0 saturated carbocycles. The van der Waals surface area contributed by atoms with Gasteiger partial charge in [-0.1, -0.05) is 75.9 Å². The number of hydrogen-bond acceptors (Lipinski definition) is 0. The van der Waals surface area contributed by atoms with Crippen LogP contribution in [0.1, 0.15) is 63.5 Å². The van der Waals surface area contributed by atoms with Crippen LogP contribution in [0.5, 0.6) is 0 Å². The van der Waals surface area contributed by atoms with Crippen LogP contribution < -0.4 is 0 Å². The maximum absolute atomic E-state index is 2.43. The van der Waals surface area contributed by atoms with Gasteiger partial charge in [-0.05, 0) is 47.6 Å². The summed E-state index contributed by atoms with van der Waals surface area (Å²) in [5.41, 5.74) is 3.04. The van der Waals surface area contributed by atoms with Gasteiger partial charge in [0, 0.05) is 0 Å². The van der Waals surface area contributed by atoms with Crippen molar-refractivity contribution in [2.75, 3.05) is 0 Å². The number of rotatable bonds is 8. The topological polar surface area (TPSA) is 0 Å². The third-order valence-electron chi connectivity index (χ3n) is 4.16. The van der Waals surface area contributed by atoms with E-state index in [4.69, 9.17) is 0 Å². The van der Waals surface area contributed by atoms with Crippen molar-refractivity contribution in [3.63, 3.8) is 0 Å². The first-order chi connectivity index (χ1) is 9.85. The van der Waals surface area contributed by atoms with E-state index < -0.39 is 0 Å². The molecule has 20 heavy (non-hydrogen) atoms. The van der Waals surface area contributed by atoms with E-state index in [2.05, 4.69) is 50.2 Å². The molecule has 108 valence electrons. The fourth-order valence-electron chi connectivity index (χ4n) is 2.88. The smallest absolute Gasteiger partial charge is 0.0149 e. The van der Waals surface area contributed by atoms with Gasteiger partial charge < -0.3 is 0 Å². The van der Waals surface area contributed by atoms with E-state index >= 15 is 0 Å². The van der Waals surface area contributed by atoms with Crippen molar-refractivity contribution in [3.05, 3.63) is 47.5 Å². The lowest BCUT2D eigenvalue weighted by atomic mass is 9.96. The van der Waals surface area contributed by atoms with Crippen molar-refractivity contribution in [2.24, 2.45) is 0 Å². The van der Waals surface area contributed by atoms with Crippen LogP contribution in [0.25, 0.3) is 10.8 Å². The number of unbranched alkanes of at least 4 members (excludes halogenated alkanes) is 4. The van der Waals surface area contributed by atoms with Gasteiger partial charge in [-0.25, -0.2) is 0 Å². The highest BCUT2D eigenvalue weighted by Crippen LogP contribution is 2.23. The molecule has 0 nitrogen and oxygen atoms in total. The van der Waals surface area contributed by atoms with Crippen molar-refractivity contribution >= 4 is 10.8 Å². The van der Waals surface area contributed by atoms with Crippen molar-refractivity contribution in [1.82, 2.24) is 0 Å². The zero-order chi connectivity index (χ0) is 14.2. The second-order valence-corrected chi connectivity index (χ2v) is 5.89. The predicted molar refractivity (Wildman–Crippen MR) is 90.4 cm³/mol. The fourth-order valence-corrected chi connectivity index (χ4v) is 2.88. The van der Waals surface area contributed by atoms with Crippen LogP contribution in [-0.4, -0.2) is 0 Å². The fraction of sp³-hybridized carbons (Fsp3) is 0.500. The minimum atomic E-state index is 1.22. The van der Waals surface area contributed by atoms with Crippen molar-refractivity contribution in [2.45, 2.75) is 65.2 Å². The number of benzene rings is 2. The van der Waals surface area contributed by atoms with Crippen LogP contribution in [0, 0.1) is 0 Å². The van der Waals surface area contributed by atoms with E-state index in [1.54, 1.807) is 0 Å². The highest BCUT2D eigenvalue weighted by atomic mass is 14.1. The molecule has 2 aromatic rings. The highest BCUT2D eigenvalue weighted by Gasteiger charge is 2.02. The molecule has 0 fully saturated rings. The molecule has 0 spiro atoms. The molecule has 2 rings (SSSR count). The summed E-state index contributed by atoms with van der Waals surface area (Å²) in [6, 6.07) is 13.8. The Balaban J connectivity index is 2.15. The van der Waals surface area contributed by atoms with Gasteiger partial charge >= 0.3 is 0 Å². The molecular formula is C20H28. The summed E-state index contributed by atoms with van der Waals surface area (Å²) in [6.07, 6.45) is 10.4. The summed E-state index contributed by atoms with van der Waals surface area (Å²) in [6.45, 7) is 4.54. The Bertz CT molecular complexity index is 525. The van der Waals surface area contributed by atoms with Gasteiger partial charge in [0.1, 0.15) is 0 Å². The Morgan fingerprint density at radius 3 is 2.40 bits per heavy atom. The van der Waals surface area contributed by atoms with E-state index in [-0.39, 0.29) is 0 Å². The molecule has 0 heterocycles. The second kappa shape index (κ2) is 8.09. The molecule has 2 aromatic carbocycles. The van der Waals surface area contributed by atoms with Crippen LogP contribution in [0.4, 0.5) is 0 Å². The Labute approximate surface area is 124 Å². The lowest BCUT2D eigenvalue weighted by Crippen LogP contribution is -1.91. The molecule has 0 amide bonds. The molecule has 0 unspecified atom stereocenters. The Morgan fingerprint density at radius 1 is 0.750 bits per heavy atom. The Hall–Kier alpha value is -1.30. The third kappa shape index (κ3) is 4.10. The van der Waals surface area contributed by atoms with Gasteiger partial charge in [0.25, 0.3) is 0 Å². The largest absolute Gasteiger partial charge is 0.0654 e. The summed E-state index contributed by atoms with van der Waals surface area (Å²) in [5, 5.41) is 2.89. The van der Waals surface area contributed by atoms with E-state index in [0.717, 1.165) is 0 Å². The van der Waals surface area contributed by atoms with E-state index in [9.17, 15) is 0 Å². The molecule has 0 N–H and O–H groups in total. The molecular weight excluding hydrogens is 240 g/mol.